The molecule has 2 aromatic rings. The van der Waals surface area contributed by atoms with Crippen LogP contribution in [0.15, 0.2) is 51.8 Å². The first-order valence-corrected chi connectivity index (χ1v) is 8.36. The van der Waals surface area contributed by atoms with E-state index in [4.69, 9.17) is 18.0 Å². The molecule has 2 aromatic carbocycles. The molecule has 0 heterocycles. The normalized spacial score (nSPS) is 11.1. The second-order valence-electron chi connectivity index (χ2n) is 4.11. The van der Waals surface area contributed by atoms with E-state index in [9.17, 15) is 12.8 Å². The van der Waals surface area contributed by atoms with Gasteiger partial charge in [0.1, 0.15) is 10.8 Å². The van der Waals surface area contributed by atoms with E-state index in [1.54, 1.807) is 18.2 Å². The predicted octanol–water partition coefficient (Wildman–Crippen LogP) is 3.02. The van der Waals surface area contributed by atoms with Crippen LogP contribution in [-0.2, 0) is 10.0 Å². The lowest BCUT2D eigenvalue weighted by Gasteiger charge is -2.12. The standard InChI is InChI=1S/C13H10BrFN2O2S2/c14-8-1-6-11(13(16)20)12(7-8)17-21(18,19)10-4-2-9(15)3-5-10/h1-7,17H,(H2,16,20). The van der Waals surface area contributed by atoms with Gasteiger partial charge >= 0.3 is 0 Å². The average Bonchev–Trinajstić information content (AvgIpc) is 2.38. The molecule has 0 amide bonds. The van der Waals surface area contributed by atoms with Crippen LogP contribution in [0.1, 0.15) is 5.56 Å². The van der Waals surface area contributed by atoms with Gasteiger partial charge in [-0.3, -0.25) is 4.72 Å². The van der Waals surface area contributed by atoms with Gasteiger partial charge in [0.05, 0.1) is 10.6 Å². The van der Waals surface area contributed by atoms with E-state index >= 15 is 0 Å². The number of sulfonamides is 1. The van der Waals surface area contributed by atoms with Crippen molar-refractivity contribution in [3.63, 3.8) is 0 Å². The second-order valence-corrected chi connectivity index (χ2v) is 7.15. The third-order valence-electron chi connectivity index (χ3n) is 2.62. The average molecular weight is 389 g/mol. The summed E-state index contributed by atoms with van der Waals surface area (Å²) in [4.78, 5) is 0.0112. The number of hydrogen-bond donors (Lipinski definition) is 2. The largest absolute Gasteiger partial charge is 0.389 e. The third-order valence-corrected chi connectivity index (χ3v) is 4.71. The fourth-order valence-electron chi connectivity index (χ4n) is 1.63. The molecule has 0 unspecified atom stereocenters. The lowest BCUT2D eigenvalue weighted by Crippen LogP contribution is -2.18. The molecule has 21 heavy (non-hydrogen) atoms. The molecule has 4 nitrogen and oxygen atoms in total. The molecule has 0 radical (unpaired) electrons. The van der Waals surface area contributed by atoms with Crippen LogP contribution in [-0.4, -0.2) is 13.4 Å². The highest BCUT2D eigenvalue weighted by atomic mass is 79.9. The number of benzene rings is 2. The van der Waals surface area contributed by atoms with Gasteiger partial charge in [-0.05, 0) is 42.5 Å². The minimum Gasteiger partial charge on any atom is -0.389 e. The molecule has 0 fully saturated rings. The van der Waals surface area contributed by atoms with Gasteiger partial charge in [-0.15, -0.1) is 0 Å². The molecule has 0 saturated heterocycles. The van der Waals surface area contributed by atoms with Crippen LogP contribution in [0, 0.1) is 5.82 Å². The molecule has 0 saturated carbocycles. The van der Waals surface area contributed by atoms with Crippen molar-refractivity contribution in [2.45, 2.75) is 4.90 Å². The van der Waals surface area contributed by atoms with Crippen molar-refractivity contribution in [1.29, 1.82) is 0 Å². The van der Waals surface area contributed by atoms with Crippen molar-refractivity contribution < 1.29 is 12.8 Å². The highest BCUT2D eigenvalue weighted by molar-refractivity contribution is 9.10. The van der Waals surface area contributed by atoms with E-state index in [1.807, 2.05) is 0 Å². The Balaban J connectivity index is 2.43. The first-order chi connectivity index (χ1) is 9.79. The Labute approximate surface area is 135 Å². The molecular weight excluding hydrogens is 379 g/mol. The van der Waals surface area contributed by atoms with Gasteiger partial charge in [0.25, 0.3) is 10.0 Å². The Morgan fingerprint density at radius 1 is 1.19 bits per heavy atom. The number of thiocarbonyl (C=S) groups is 1. The van der Waals surface area contributed by atoms with Crippen molar-refractivity contribution in [1.82, 2.24) is 0 Å². The quantitative estimate of drug-likeness (QED) is 0.789. The summed E-state index contributed by atoms with van der Waals surface area (Å²) in [7, 11) is -3.86. The maximum Gasteiger partial charge on any atom is 0.261 e. The van der Waals surface area contributed by atoms with Gasteiger partial charge < -0.3 is 5.73 Å². The van der Waals surface area contributed by atoms with E-state index in [2.05, 4.69) is 20.7 Å². The lowest BCUT2D eigenvalue weighted by atomic mass is 10.2. The van der Waals surface area contributed by atoms with E-state index in [-0.39, 0.29) is 15.6 Å². The lowest BCUT2D eigenvalue weighted by molar-refractivity contribution is 0.599. The summed E-state index contributed by atoms with van der Waals surface area (Å²) in [5.41, 5.74) is 6.23. The zero-order valence-electron chi connectivity index (χ0n) is 10.5. The molecule has 0 aromatic heterocycles. The number of hydrogen-bond acceptors (Lipinski definition) is 3. The van der Waals surface area contributed by atoms with Crippen LogP contribution in [0.4, 0.5) is 10.1 Å². The summed E-state index contributed by atoms with van der Waals surface area (Å²) in [6.45, 7) is 0. The van der Waals surface area contributed by atoms with Crippen LogP contribution in [0.25, 0.3) is 0 Å². The van der Waals surface area contributed by atoms with Crippen LogP contribution >= 0.6 is 28.1 Å². The number of rotatable bonds is 4. The molecule has 3 N–H and O–H groups in total. The molecule has 0 aliphatic heterocycles. The molecule has 0 spiro atoms. The van der Waals surface area contributed by atoms with Gasteiger partial charge in [0, 0.05) is 10.0 Å². The Morgan fingerprint density at radius 2 is 1.81 bits per heavy atom. The van der Waals surface area contributed by atoms with Crippen molar-refractivity contribution in [3.05, 3.63) is 58.3 Å². The van der Waals surface area contributed by atoms with Gasteiger partial charge in [0.2, 0.25) is 0 Å². The van der Waals surface area contributed by atoms with Crippen molar-refractivity contribution in [2.24, 2.45) is 5.73 Å². The molecular formula is C13H10BrFN2O2S2. The predicted molar refractivity (Wildman–Crippen MR) is 87.2 cm³/mol. The van der Waals surface area contributed by atoms with Crippen molar-refractivity contribution in [2.75, 3.05) is 4.72 Å². The maximum absolute atomic E-state index is 12.9. The topological polar surface area (TPSA) is 72.2 Å². The van der Waals surface area contributed by atoms with Crippen molar-refractivity contribution >= 4 is 48.8 Å². The SMILES string of the molecule is NC(=S)c1ccc(Br)cc1NS(=O)(=O)c1ccc(F)cc1. The Morgan fingerprint density at radius 3 is 2.38 bits per heavy atom. The van der Waals surface area contributed by atoms with E-state index in [0.29, 0.717) is 10.0 Å². The summed E-state index contributed by atoms with van der Waals surface area (Å²) < 4.78 is 40.5. The number of nitrogens with two attached hydrogens (primary N) is 1. The number of anilines is 1. The van der Waals surface area contributed by atoms with E-state index < -0.39 is 15.8 Å². The molecule has 0 aliphatic rings. The van der Waals surface area contributed by atoms with E-state index in [1.165, 1.54) is 12.1 Å². The molecule has 0 atom stereocenters. The Hall–Kier alpha value is -1.51. The summed E-state index contributed by atoms with van der Waals surface area (Å²) >= 11 is 8.14. The third kappa shape index (κ3) is 3.78. The monoisotopic (exact) mass is 388 g/mol. The smallest absolute Gasteiger partial charge is 0.261 e. The van der Waals surface area contributed by atoms with Gasteiger partial charge in [0.15, 0.2) is 0 Å². The minimum atomic E-state index is -3.86. The molecule has 8 heteroatoms. The molecule has 0 bridgehead atoms. The fourth-order valence-corrected chi connectivity index (χ4v) is 3.24. The van der Waals surface area contributed by atoms with Crippen LogP contribution in [0.5, 0.6) is 0 Å². The molecule has 0 aliphatic carbocycles. The number of nitrogens with one attached hydrogen (secondary N) is 1. The van der Waals surface area contributed by atoms with Crippen LogP contribution in [0.3, 0.4) is 0 Å². The first-order valence-electron chi connectivity index (χ1n) is 5.67. The van der Waals surface area contributed by atoms with Gasteiger partial charge in [-0.2, -0.15) is 0 Å². The number of halogens is 2. The first kappa shape index (κ1) is 15.9. The molecule has 2 rings (SSSR count). The Kier molecular flexibility index (Phi) is 4.60. The van der Waals surface area contributed by atoms with Crippen molar-refractivity contribution in [3.8, 4) is 0 Å². The van der Waals surface area contributed by atoms with Crippen LogP contribution < -0.4 is 10.5 Å². The maximum atomic E-state index is 12.9. The van der Waals surface area contributed by atoms with Gasteiger partial charge in [-0.1, -0.05) is 28.1 Å². The zero-order chi connectivity index (χ0) is 15.6. The Bertz CT molecular complexity index is 792. The summed E-state index contributed by atoms with van der Waals surface area (Å²) in [5.74, 6) is -0.514. The fraction of sp³-hybridized carbons (Fsp3) is 0. The van der Waals surface area contributed by atoms with Gasteiger partial charge in [-0.25, -0.2) is 12.8 Å². The summed E-state index contributed by atoms with van der Waals surface area (Å²) in [6, 6.07) is 9.36. The summed E-state index contributed by atoms with van der Waals surface area (Å²) in [6.07, 6.45) is 0. The zero-order valence-corrected chi connectivity index (χ0v) is 13.7. The van der Waals surface area contributed by atoms with Crippen LogP contribution in [0.2, 0.25) is 0 Å². The van der Waals surface area contributed by atoms with E-state index in [0.717, 1.165) is 12.1 Å². The molecule has 110 valence electrons. The minimum absolute atomic E-state index is 0.0576. The summed E-state index contributed by atoms with van der Waals surface area (Å²) in [5, 5.41) is 0. The highest BCUT2D eigenvalue weighted by Gasteiger charge is 2.17. The second kappa shape index (κ2) is 6.08. The highest BCUT2D eigenvalue weighted by Crippen LogP contribution is 2.24.